The van der Waals surface area contributed by atoms with E-state index in [-0.39, 0.29) is 17.5 Å². The summed E-state index contributed by atoms with van der Waals surface area (Å²) in [6.45, 7) is 5.55. The molecule has 3 aromatic rings. The summed E-state index contributed by atoms with van der Waals surface area (Å²) in [5.41, 5.74) is 1.29. The fourth-order valence-corrected chi connectivity index (χ4v) is 6.69. The van der Waals surface area contributed by atoms with Crippen LogP contribution in [0.2, 0.25) is 10.0 Å². The van der Waals surface area contributed by atoms with Crippen molar-refractivity contribution >= 4 is 58.1 Å². The number of amides is 1. The summed E-state index contributed by atoms with van der Waals surface area (Å²) in [5, 5.41) is 4.10. The molecular weight excluding hydrogens is 519 g/mol. The van der Waals surface area contributed by atoms with E-state index in [1.807, 2.05) is 74.2 Å². The fraction of sp³-hybridized carbons (Fsp3) is 0.258. The number of anilines is 2. The number of Topliss-reactive ketones (excluding diaryl/α,β-unsaturated/α-hetero) is 2. The minimum absolute atomic E-state index is 0.111. The largest absolute Gasteiger partial charge is 0.352 e. The van der Waals surface area contributed by atoms with Crippen LogP contribution in [0.5, 0.6) is 0 Å². The average Bonchev–Trinajstić information content (AvgIpc) is 3.35. The van der Waals surface area contributed by atoms with E-state index < -0.39 is 28.8 Å². The Bertz CT molecular complexity index is 1540. The number of halogens is 2. The summed E-state index contributed by atoms with van der Waals surface area (Å²) in [5.74, 6) is -1.66. The quantitative estimate of drug-likeness (QED) is 0.378. The van der Waals surface area contributed by atoms with Crippen molar-refractivity contribution in [2.75, 3.05) is 10.2 Å². The Morgan fingerprint density at radius 2 is 1.63 bits per heavy atom. The van der Waals surface area contributed by atoms with E-state index in [0.717, 1.165) is 16.8 Å². The summed E-state index contributed by atoms with van der Waals surface area (Å²) >= 11 is 12.5. The average molecular weight is 545 g/mol. The summed E-state index contributed by atoms with van der Waals surface area (Å²) in [6, 6.07) is 18.1. The van der Waals surface area contributed by atoms with Crippen LogP contribution in [-0.4, -0.2) is 29.6 Å². The Labute approximate surface area is 231 Å². The molecule has 0 saturated carbocycles. The second kappa shape index (κ2) is 8.55. The lowest BCUT2D eigenvalue weighted by Crippen LogP contribution is -2.51. The first-order valence-electron chi connectivity index (χ1n) is 12.6. The summed E-state index contributed by atoms with van der Waals surface area (Å²) in [6.07, 6.45) is 3.88. The van der Waals surface area contributed by atoms with Crippen LogP contribution >= 0.6 is 23.2 Å². The Kier molecular flexibility index (Phi) is 5.60. The molecule has 1 fully saturated rings. The second-order valence-electron chi connectivity index (χ2n) is 11.2. The van der Waals surface area contributed by atoms with Crippen molar-refractivity contribution in [2.45, 2.75) is 38.3 Å². The highest BCUT2D eigenvalue weighted by atomic mass is 35.5. The maximum atomic E-state index is 14.6. The molecule has 192 valence electrons. The van der Waals surface area contributed by atoms with Crippen LogP contribution in [0.4, 0.5) is 11.4 Å². The number of hydrogen-bond donors (Lipinski definition) is 1. The van der Waals surface area contributed by atoms with E-state index in [1.54, 1.807) is 30.3 Å². The van der Waals surface area contributed by atoms with Crippen LogP contribution in [0.3, 0.4) is 0 Å². The number of carbonyl (C=O) groups is 3. The van der Waals surface area contributed by atoms with Gasteiger partial charge in [0, 0.05) is 32.4 Å². The zero-order chi connectivity index (χ0) is 27.0. The highest BCUT2D eigenvalue weighted by Gasteiger charge is 2.70. The number of ketones is 2. The lowest BCUT2D eigenvalue weighted by atomic mass is 9.63. The standard InChI is InChI=1S/C31H26Cl2N2O3/c1-30(2,3)28(37)26-25(27(36)17-8-11-19(32)12-9-17)31(21-6-4-5-7-22(21)34-29(31)38)24-15-10-18-16-20(33)13-14-23(18)35(24)26/h4-16,24-26H,1-3H3,(H,34,38)/t24-,25+,26-,31-/m0/s1. The Balaban J connectivity index is 1.68. The lowest BCUT2D eigenvalue weighted by molar-refractivity contribution is -0.128. The molecule has 0 bridgehead atoms. The first-order chi connectivity index (χ1) is 18.0. The zero-order valence-electron chi connectivity index (χ0n) is 21.2. The van der Waals surface area contributed by atoms with Gasteiger partial charge in [-0.15, -0.1) is 0 Å². The van der Waals surface area contributed by atoms with E-state index in [2.05, 4.69) is 5.32 Å². The molecule has 7 heteroatoms. The van der Waals surface area contributed by atoms with Gasteiger partial charge in [0.15, 0.2) is 11.6 Å². The summed E-state index contributed by atoms with van der Waals surface area (Å²) in [4.78, 5) is 45.1. The Morgan fingerprint density at radius 1 is 0.947 bits per heavy atom. The molecule has 3 aliphatic rings. The molecule has 0 aromatic heterocycles. The van der Waals surface area contributed by atoms with E-state index in [0.29, 0.717) is 21.3 Å². The third-order valence-corrected chi connectivity index (χ3v) is 8.50. The second-order valence-corrected chi connectivity index (χ2v) is 12.1. The number of para-hydroxylation sites is 1. The van der Waals surface area contributed by atoms with Gasteiger partial charge >= 0.3 is 0 Å². The van der Waals surface area contributed by atoms with Crippen LogP contribution in [0.15, 0.2) is 72.8 Å². The Hall–Kier alpha value is -3.41. The van der Waals surface area contributed by atoms with Gasteiger partial charge in [-0.2, -0.15) is 0 Å². The number of nitrogens with one attached hydrogen (secondary N) is 1. The molecule has 1 saturated heterocycles. The van der Waals surface area contributed by atoms with E-state index in [1.165, 1.54) is 0 Å². The first-order valence-corrected chi connectivity index (χ1v) is 13.3. The van der Waals surface area contributed by atoms with E-state index in [4.69, 9.17) is 23.2 Å². The number of hydrogen-bond acceptors (Lipinski definition) is 4. The van der Waals surface area contributed by atoms with Gasteiger partial charge in [0.1, 0.15) is 11.5 Å². The third-order valence-electron chi connectivity index (χ3n) is 8.01. The molecule has 5 nitrogen and oxygen atoms in total. The molecule has 4 atom stereocenters. The van der Waals surface area contributed by atoms with Gasteiger partial charge in [-0.3, -0.25) is 14.4 Å². The van der Waals surface area contributed by atoms with Gasteiger partial charge in [0.2, 0.25) is 5.91 Å². The number of nitrogens with zero attached hydrogens (tertiary/aromatic N) is 1. The van der Waals surface area contributed by atoms with E-state index in [9.17, 15) is 14.4 Å². The van der Waals surface area contributed by atoms with Crippen LogP contribution in [0, 0.1) is 11.3 Å². The minimum Gasteiger partial charge on any atom is -0.352 e. The van der Waals surface area contributed by atoms with Gasteiger partial charge in [-0.25, -0.2) is 0 Å². The predicted molar refractivity (Wildman–Crippen MR) is 151 cm³/mol. The number of carbonyl (C=O) groups excluding carboxylic acids is 3. The normalized spacial score (nSPS) is 25.1. The molecule has 38 heavy (non-hydrogen) atoms. The molecular formula is C31H26Cl2N2O3. The summed E-state index contributed by atoms with van der Waals surface area (Å²) < 4.78 is 0. The third kappa shape index (κ3) is 3.41. The van der Waals surface area contributed by atoms with Gasteiger partial charge in [-0.1, -0.05) is 74.3 Å². The highest BCUT2D eigenvalue weighted by Crippen LogP contribution is 2.58. The van der Waals surface area contributed by atoms with Crippen molar-refractivity contribution in [2.24, 2.45) is 11.3 Å². The van der Waals surface area contributed by atoms with Gasteiger partial charge in [0.25, 0.3) is 0 Å². The topological polar surface area (TPSA) is 66.5 Å². The molecule has 3 heterocycles. The zero-order valence-corrected chi connectivity index (χ0v) is 22.7. The van der Waals surface area contributed by atoms with Crippen molar-refractivity contribution in [3.8, 4) is 0 Å². The van der Waals surface area contributed by atoms with Crippen LogP contribution in [-0.2, 0) is 15.0 Å². The van der Waals surface area contributed by atoms with Crippen molar-refractivity contribution in [1.82, 2.24) is 0 Å². The monoisotopic (exact) mass is 544 g/mol. The molecule has 1 spiro atoms. The maximum absolute atomic E-state index is 14.6. The van der Waals surface area contributed by atoms with Gasteiger partial charge in [-0.05, 0) is 59.7 Å². The number of rotatable bonds is 3. The maximum Gasteiger partial charge on any atom is 0.238 e. The molecule has 0 unspecified atom stereocenters. The number of fused-ring (bicyclic) bond motifs is 6. The van der Waals surface area contributed by atoms with Crippen molar-refractivity contribution in [3.63, 3.8) is 0 Å². The van der Waals surface area contributed by atoms with Gasteiger partial charge in [0.05, 0.1) is 12.0 Å². The minimum atomic E-state index is -1.33. The predicted octanol–water partition coefficient (Wildman–Crippen LogP) is 6.58. The van der Waals surface area contributed by atoms with Gasteiger partial charge < -0.3 is 10.2 Å². The molecule has 0 aliphatic carbocycles. The fourth-order valence-electron chi connectivity index (χ4n) is 6.39. The molecule has 0 radical (unpaired) electrons. The first kappa shape index (κ1) is 24.9. The molecule has 6 rings (SSSR count). The Morgan fingerprint density at radius 3 is 2.34 bits per heavy atom. The van der Waals surface area contributed by atoms with Crippen molar-refractivity contribution < 1.29 is 14.4 Å². The van der Waals surface area contributed by atoms with Crippen molar-refractivity contribution in [3.05, 3.63) is 99.5 Å². The molecule has 1 amide bonds. The van der Waals surface area contributed by atoms with Crippen LogP contribution in [0.1, 0.15) is 42.3 Å². The molecule has 3 aliphatic heterocycles. The van der Waals surface area contributed by atoms with Crippen LogP contribution < -0.4 is 10.2 Å². The van der Waals surface area contributed by atoms with Crippen LogP contribution in [0.25, 0.3) is 6.08 Å². The smallest absolute Gasteiger partial charge is 0.238 e. The summed E-state index contributed by atoms with van der Waals surface area (Å²) in [7, 11) is 0. The number of benzene rings is 3. The highest BCUT2D eigenvalue weighted by molar-refractivity contribution is 6.31. The molecule has 1 N–H and O–H groups in total. The van der Waals surface area contributed by atoms with E-state index >= 15 is 0 Å². The van der Waals surface area contributed by atoms with Crippen molar-refractivity contribution in [1.29, 1.82) is 0 Å². The molecule has 3 aromatic carbocycles. The SMILES string of the molecule is CC(C)(C)C(=O)[C@@H]1[C@H](C(=O)c2ccc(Cl)cc2)[C@@]2(C(=O)Nc3ccccc32)[C@@H]2C=Cc3cc(Cl)ccc3N12. The lowest BCUT2D eigenvalue weighted by Gasteiger charge is -2.38.